The summed E-state index contributed by atoms with van der Waals surface area (Å²) in [7, 11) is 1.54. The molecule has 2 rings (SSSR count). The number of carbonyl (C=O) groups excluding carboxylic acids is 1. The Hall–Kier alpha value is -1.85. The number of aliphatic hydroxyl groups is 1. The third-order valence-electron chi connectivity index (χ3n) is 2.67. The molecular formula is C14H15NO3S. The molecule has 19 heavy (non-hydrogen) atoms. The predicted octanol–water partition coefficient (Wildman–Crippen LogP) is 2.81. The van der Waals surface area contributed by atoms with E-state index in [1.165, 1.54) is 11.3 Å². The van der Waals surface area contributed by atoms with E-state index >= 15 is 0 Å². The molecule has 1 heterocycles. The molecule has 0 spiro atoms. The summed E-state index contributed by atoms with van der Waals surface area (Å²) in [6, 6.07) is 8.88. The van der Waals surface area contributed by atoms with Crippen molar-refractivity contribution in [1.29, 1.82) is 0 Å². The average molecular weight is 277 g/mol. The van der Waals surface area contributed by atoms with Gasteiger partial charge in [0, 0.05) is 16.1 Å². The minimum atomic E-state index is -0.146. The van der Waals surface area contributed by atoms with Crippen molar-refractivity contribution >= 4 is 22.9 Å². The van der Waals surface area contributed by atoms with Gasteiger partial charge in [-0.3, -0.25) is 4.79 Å². The normalized spacial score (nSPS) is 10.3. The van der Waals surface area contributed by atoms with Crippen LogP contribution >= 0.6 is 11.3 Å². The van der Waals surface area contributed by atoms with Crippen LogP contribution in [0.1, 0.15) is 20.1 Å². The summed E-state index contributed by atoms with van der Waals surface area (Å²) in [5.41, 5.74) is 1.28. The average Bonchev–Trinajstić information content (AvgIpc) is 2.85. The summed E-state index contributed by atoms with van der Waals surface area (Å²) < 4.78 is 5.11. The largest absolute Gasteiger partial charge is 0.496 e. The van der Waals surface area contributed by atoms with Crippen LogP contribution in [0.4, 0.5) is 5.69 Å². The molecule has 1 amide bonds. The number of aliphatic hydroxyl groups excluding tert-OH is 1. The molecular weight excluding hydrogens is 262 g/mol. The van der Waals surface area contributed by atoms with Gasteiger partial charge in [-0.05, 0) is 37.3 Å². The Morgan fingerprint density at radius 2 is 2.16 bits per heavy atom. The first-order valence-corrected chi connectivity index (χ1v) is 6.61. The molecule has 2 aromatic rings. The molecule has 0 radical (unpaired) electrons. The maximum absolute atomic E-state index is 12.0. The number of nitrogens with one attached hydrogen (secondary N) is 1. The number of hydrogen-bond donors (Lipinski definition) is 2. The van der Waals surface area contributed by atoms with Crippen molar-refractivity contribution in [3.8, 4) is 5.75 Å². The molecule has 0 atom stereocenters. The van der Waals surface area contributed by atoms with E-state index < -0.39 is 0 Å². The topological polar surface area (TPSA) is 58.6 Å². The van der Waals surface area contributed by atoms with Gasteiger partial charge in [-0.1, -0.05) is 0 Å². The number of ether oxygens (including phenoxy) is 1. The van der Waals surface area contributed by atoms with Crippen molar-refractivity contribution in [3.05, 3.63) is 45.6 Å². The second-order valence-electron chi connectivity index (χ2n) is 4.05. The number of hydrogen-bond acceptors (Lipinski definition) is 4. The molecule has 0 saturated carbocycles. The third-order valence-corrected chi connectivity index (χ3v) is 3.67. The van der Waals surface area contributed by atoms with Crippen LogP contribution in [-0.2, 0) is 6.61 Å². The second-order valence-corrected chi connectivity index (χ2v) is 5.34. The van der Waals surface area contributed by atoms with Gasteiger partial charge in [0.1, 0.15) is 5.75 Å². The van der Waals surface area contributed by atoms with Crippen molar-refractivity contribution in [1.82, 2.24) is 0 Å². The van der Waals surface area contributed by atoms with Crippen molar-refractivity contribution in [2.45, 2.75) is 13.5 Å². The number of thiophene rings is 1. The minimum Gasteiger partial charge on any atom is -0.496 e. The van der Waals surface area contributed by atoms with E-state index in [9.17, 15) is 9.90 Å². The zero-order chi connectivity index (χ0) is 13.8. The molecule has 0 saturated heterocycles. The summed E-state index contributed by atoms with van der Waals surface area (Å²) in [5.74, 6) is 0.458. The zero-order valence-electron chi connectivity index (χ0n) is 10.8. The first-order chi connectivity index (χ1) is 9.13. The van der Waals surface area contributed by atoms with Gasteiger partial charge in [0.05, 0.1) is 18.6 Å². The van der Waals surface area contributed by atoms with Crippen LogP contribution in [0, 0.1) is 6.92 Å². The van der Waals surface area contributed by atoms with Gasteiger partial charge in [0.2, 0.25) is 0 Å². The van der Waals surface area contributed by atoms with E-state index in [1.807, 2.05) is 13.0 Å². The van der Waals surface area contributed by atoms with Crippen molar-refractivity contribution in [2.24, 2.45) is 0 Å². The molecule has 5 heteroatoms. The number of aryl methyl sites for hydroxylation is 1. The van der Waals surface area contributed by atoms with Gasteiger partial charge in [-0.25, -0.2) is 0 Å². The van der Waals surface area contributed by atoms with E-state index in [4.69, 9.17) is 4.74 Å². The highest BCUT2D eigenvalue weighted by molar-refractivity contribution is 7.14. The molecule has 0 bridgehead atoms. The molecule has 4 nitrogen and oxygen atoms in total. The summed E-state index contributed by atoms with van der Waals surface area (Å²) in [4.78, 5) is 13.7. The molecule has 0 aliphatic heterocycles. The minimum absolute atomic E-state index is 0.134. The lowest BCUT2D eigenvalue weighted by Gasteiger charge is -2.09. The Kier molecular flexibility index (Phi) is 4.19. The number of rotatable bonds is 4. The standard InChI is InChI=1S/C14H15NO3S/c1-9-3-6-13(19-9)14(17)15-11-4-5-12(18-2)10(7-11)8-16/h3-7,16H,8H2,1-2H3,(H,15,17). The van der Waals surface area contributed by atoms with Gasteiger partial charge >= 0.3 is 0 Å². The fourth-order valence-corrected chi connectivity index (χ4v) is 2.49. The van der Waals surface area contributed by atoms with Gasteiger partial charge in [-0.2, -0.15) is 0 Å². The Morgan fingerprint density at radius 3 is 2.74 bits per heavy atom. The van der Waals surface area contributed by atoms with Crippen molar-refractivity contribution in [2.75, 3.05) is 12.4 Å². The van der Waals surface area contributed by atoms with Gasteiger partial charge in [0.25, 0.3) is 5.91 Å². The van der Waals surface area contributed by atoms with E-state index in [-0.39, 0.29) is 12.5 Å². The van der Waals surface area contributed by atoms with Gasteiger partial charge in [0.15, 0.2) is 0 Å². The quantitative estimate of drug-likeness (QED) is 0.903. The molecule has 1 aromatic carbocycles. The van der Waals surface area contributed by atoms with Gasteiger partial charge in [-0.15, -0.1) is 11.3 Å². The smallest absolute Gasteiger partial charge is 0.265 e. The number of benzene rings is 1. The monoisotopic (exact) mass is 277 g/mol. The molecule has 1 aromatic heterocycles. The van der Waals surface area contributed by atoms with Crippen LogP contribution < -0.4 is 10.1 Å². The van der Waals surface area contributed by atoms with Crippen LogP contribution in [0.25, 0.3) is 0 Å². The highest BCUT2D eigenvalue weighted by atomic mass is 32.1. The van der Waals surface area contributed by atoms with Crippen LogP contribution in [0.3, 0.4) is 0 Å². The summed E-state index contributed by atoms with van der Waals surface area (Å²) in [5, 5.41) is 12.0. The van der Waals surface area contributed by atoms with Gasteiger partial charge < -0.3 is 15.2 Å². The summed E-state index contributed by atoms with van der Waals surface area (Å²) >= 11 is 1.45. The van der Waals surface area contributed by atoms with Crippen LogP contribution in [-0.4, -0.2) is 18.1 Å². The Morgan fingerprint density at radius 1 is 1.37 bits per heavy atom. The van der Waals surface area contributed by atoms with Crippen molar-refractivity contribution in [3.63, 3.8) is 0 Å². The first-order valence-electron chi connectivity index (χ1n) is 5.79. The van der Waals surface area contributed by atoms with E-state index in [2.05, 4.69) is 5.32 Å². The Bertz CT molecular complexity index is 592. The molecule has 100 valence electrons. The lowest BCUT2D eigenvalue weighted by atomic mass is 10.2. The van der Waals surface area contributed by atoms with E-state index in [0.717, 1.165) is 4.88 Å². The number of carbonyl (C=O) groups is 1. The third kappa shape index (κ3) is 3.13. The first kappa shape index (κ1) is 13.6. The summed E-state index contributed by atoms with van der Waals surface area (Å²) in [6.45, 7) is 1.82. The van der Waals surface area contributed by atoms with E-state index in [0.29, 0.717) is 21.9 Å². The molecule has 0 aliphatic carbocycles. The molecule has 2 N–H and O–H groups in total. The highest BCUT2D eigenvalue weighted by Gasteiger charge is 2.10. The second kappa shape index (κ2) is 5.86. The van der Waals surface area contributed by atoms with Crippen LogP contribution in [0.2, 0.25) is 0 Å². The lowest BCUT2D eigenvalue weighted by molar-refractivity contribution is 0.103. The van der Waals surface area contributed by atoms with Crippen LogP contribution in [0.5, 0.6) is 5.75 Å². The Labute approximate surface area is 115 Å². The maximum Gasteiger partial charge on any atom is 0.265 e. The zero-order valence-corrected chi connectivity index (χ0v) is 11.6. The van der Waals surface area contributed by atoms with Crippen molar-refractivity contribution < 1.29 is 14.6 Å². The molecule has 0 unspecified atom stereocenters. The SMILES string of the molecule is COc1ccc(NC(=O)c2ccc(C)s2)cc1CO. The fraction of sp³-hybridized carbons (Fsp3) is 0.214. The predicted molar refractivity (Wildman–Crippen MR) is 75.9 cm³/mol. The van der Waals surface area contributed by atoms with E-state index in [1.54, 1.807) is 31.4 Å². The summed E-state index contributed by atoms with van der Waals surface area (Å²) in [6.07, 6.45) is 0. The van der Waals surface area contributed by atoms with Crippen LogP contribution in [0.15, 0.2) is 30.3 Å². The molecule has 0 fully saturated rings. The lowest BCUT2D eigenvalue weighted by Crippen LogP contribution is -2.10. The maximum atomic E-state index is 12.0. The highest BCUT2D eigenvalue weighted by Crippen LogP contribution is 2.23. The Balaban J connectivity index is 2.17. The molecule has 0 aliphatic rings. The number of methoxy groups -OCH3 is 1. The number of amides is 1. The number of anilines is 1. The fourth-order valence-electron chi connectivity index (χ4n) is 1.73.